The first kappa shape index (κ1) is 20.4. The van der Waals surface area contributed by atoms with Crippen molar-refractivity contribution in [3.63, 3.8) is 0 Å². The van der Waals surface area contributed by atoms with Gasteiger partial charge in [0.15, 0.2) is 11.5 Å². The van der Waals surface area contributed by atoms with Crippen molar-refractivity contribution in [1.82, 2.24) is 15.5 Å². The van der Waals surface area contributed by atoms with Gasteiger partial charge in [0.25, 0.3) is 0 Å². The number of hydrogen-bond acceptors (Lipinski definition) is 6. The highest BCUT2D eigenvalue weighted by atomic mass is 16.5. The number of methoxy groups -OCH3 is 2. The lowest BCUT2D eigenvalue weighted by Gasteiger charge is -2.16. The Labute approximate surface area is 170 Å². The molecule has 0 spiro atoms. The monoisotopic (exact) mass is 395 g/mol. The highest BCUT2D eigenvalue weighted by molar-refractivity contribution is 5.76. The van der Waals surface area contributed by atoms with E-state index in [1.165, 1.54) is 0 Å². The van der Waals surface area contributed by atoms with Gasteiger partial charge in [-0.3, -0.25) is 4.79 Å². The van der Waals surface area contributed by atoms with Gasteiger partial charge in [-0.05, 0) is 43.2 Å². The molecule has 0 bridgehead atoms. The minimum Gasteiger partial charge on any atom is -0.493 e. The van der Waals surface area contributed by atoms with E-state index < -0.39 is 0 Å². The number of carbonyl (C=O) groups is 1. The van der Waals surface area contributed by atoms with E-state index in [4.69, 9.17) is 14.0 Å². The number of aryl methyl sites for hydroxylation is 2. The molecular formula is C22H25N3O4. The molecule has 1 N–H and O–H groups in total. The van der Waals surface area contributed by atoms with Crippen LogP contribution in [0.4, 0.5) is 0 Å². The van der Waals surface area contributed by atoms with Gasteiger partial charge in [0.2, 0.25) is 17.6 Å². The molecule has 3 rings (SSSR count). The van der Waals surface area contributed by atoms with E-state index >= 15 is 0 Å². The number of carbonyl (C=O) groups excluding carboxylic acids is 1. The Hall–Kier alpha value is -3.35. The Balaban J connectivity index is 1.59. The van der Waals surface area contributed by atoms with Crippen LogP contribution in [0.2, 0.25) is 0 Å². The molecule has 152 valence electrons. The first-order chi connectivity index (χ1) is 14.0. The van der Waals surface area contributed by atoms with Crippen LogP contribution < -0.4 is 14.8 Å². The van der Waals surface area contributed by atoms with E-state index in [-0.39, 0.29) is 18.4 Å². The third kappa shape index (κ3) is 4.93. The van der Waals surface area contributed by atoms with Crippen molar-refractivity contribution < 1.29 is 18.8 Å². The predicted octanol–water partition coefficient (Wildman–Crippen LogP) is 3.87. The number of ether oxygens (including phenoxy) is 2. The van der Waals surface area contributed by atoms with Gasteiger partial charge in [0, 0.05) is 18.4 Å². The molecule has 1 heterocycles. The lowest BCUT2D eigenvalue weighted by molar-refractivity contribution is -0.121. The third-order valence-corrected chi connectivity index (χ3v) is 4.71. The molecule has 1 unspecified atom stereocenters. The Morgan fingerprint density at radius 1 is 1.14 bits per heavy atom. The zero-order chi connectivity index (χ0) is 20.8. The fourth-order valence-electron chi connectivity index (χ4n) is 3.13. The minimum atomic E-state index is -0.0633. The maximum absolute atomic E-state index is 12.3. The van der Waals surface area contributed by atoms with Gasteiger partial charge in [-0.25, -0.2) is 0 Å². The largest absolute Gasteiger partial charge is 0.493 e. The second-order valence-corrected chi connectivity index (χ2v) is 6.73. The number of aromatic nitrogens is 2. The summed E-state index contributed by atoms with van der Waals surface area (Å²) < 4.78 is 15.8. The molecule has 0 saturated heterocycles. The average molecular weight is 395 g/mol. The molecule has 3 aromatic rings. The number of nitrogens with one attached hydrogen (secondary N) is 1. The van der Waals surface area contributed by atoms with Crippen LogP contribution in [-0.2, 0) is 11.2 Å². The summed E-state index contributed by atoms with van der Waals surface area (Å²) in [6, 6.07) is 13.3. The minimum absolute atomic E-state index is 0.0614. The summed E-state index contributed by atoms with van der Waals surface area (Å²) in [7, 11) is 3.15. The number of amides is 1. The molecule has 0 aliphatic carbocycles. The molecule has 7 heteroatoms. The molecule has 1 atom stereocenters. The van der Waals surface area contributed by atoms with Gasteiger partial charge >= 0.3 is 0 Å². The van der Waals surface area contributed by atoms with Gasteiger partial charge in [-0.15, -0.1) is 0 Å². The van der Waals surface area contributed by atoms with Crippen molar-refractivity contribution in [1.29, 1.82) is 0 Å². The molecule has 0 radical (unpaired) electrons. The summed E-state index contributed by atoms with van der Waals surface area (Å²) in [4.78, 5) is 16.7. The molecule has 0 aliphatic heterocycles. The topological polar surface area (TPSA) is 86.5 Å². The molecule has 0 fully saturated rings. The van der Waals surface area contributed by atoms with Crippen molar-refractivity contribution in [2.24, 2.45) is 0 Å². The molecule has 0 aliphatic rings. The van der Waals surface area contributed by atoms with Crippen LogP contribution in [0.3, 0.4) is 0 Å². The Morgan fingerprint density at radius 3 is 2.62 bits per heavy atom. The molecule has 7 nitrogen and oxygen atoms in total. The second-order valence-electron chi connectivity index (χ2n) is 6.73. The standard InChI is InChI=1S/C22H25N3O4/c1-14-7-5-6-8-17(14)15(2)23-20(26)11-12-21-24-22(25-29-21)16-9-10-18(27-3)19(13-16)28-4/h5-10,13,15H,11-12H2,1-4H3,(H,23,26). The highest BCUT2D eigenvalue weighted by Gasteiger charge is 2.15. The van der Waals surface area contributed by atoms with E-state index in [0.717, 1.165) is 16.7 Å². The maximum atomic E-state index is 12.3. The summed E-state index contributed by atoms with van der Waals surface area (Å²) in [6.07, 6.45) is 0.635. The number of nitrogens with zero attached hydrogens (tertiary/aromatic N) is 2. The predicted molar refractivity (Wildman–Crippen MR) is 109 cm³/mol. The number of benzene rings is 2. The van der Waals surface area contributed by atoms with Gasteiger partial charge < -0.3 is 19.3 Å². The Kier molecular flexibility index (Phi) is 6.49. The first-order valence-electron chi connectivity index (χ1n) is 9.41. The van der Waals surface area contributed by atoms with Gasteiger partial charge in [0.1, 0.15) is 0 Å². The molecule has 1 amide bonds. The van der Waals surface area contributed by atoms with Crippen LogP contribution in [0.5, 0.6) is 11.5 Å². The lowest BCUT2D eigenvalue weighted by atomic mass is 10.0. The van der Waals surface area contributed by atoms with E-state index in [2.05, 4.69) is 15.5 Å². The number of rotatable bonds is 8. The summed E-state index contributed by atoms with van der Waals surface area (Å²) in [6.45, 7) is 4.01. The Morgan fingerprint density at radius 2 is 1.90 bits per heavy atom. The maximum Gasteiger partial charge on any atom is 0.227 e. The van der Waals surface area contributed by atoms with Gasteiger partial charge in [-0.2, -0.15) is 4.98 Å². The first-order valence-corrected chi connectivity index (χ1v) is 9.41. The van der Waals surface area contributed by atoms with Crippen LogP contribution >= 0.6 is 0 Å². The fourth-order valence-corrected chi connectivity index (χ4v) is 3.13. The molecule has 1 aromatic heterocycles. The van der Waals surface area contributed by atoms with Crippen molar-refractivity contribution in [3.8, 4) is 22.9 Å². The summed E-state index contributed by atoms with van der Waals surface area (Å²) in [5.41, 5.74) is 3.00. The van der Waals surface area contributed by atoms with E-state index in [0.29, 0.717) is 29.6 Å². The highest BCUT2D eigenvalue weighted by Crippen LogP contribution is 2.31. The van der Waals surface area contributed by atoms with Crippen LogP contribution in [-0.4, -0.2) is 30.3 Å². The van der Waals surface area contributed by atoms with Crippen molar-refractivity contribution in [2.75, 3.05) is 14.2 Å². The van der Waals surface area contributed by atoms with Gasteiger partial charge in [0.05, 0.1) is 20.3 Å². The zero-order valence-electron chi connectivity index (χ0n) is 17.1. The average Bonchev–Trinajstić information content (AvgIpc) is 3.21. The quantitative estimate of drug-likeness (QED) is 0.623. The second kappa shape index (κ2) is 9.23. The smallest absolute Gasteiger partial charge is 0.227 e. The number of hydrogen-bond donors (Lipinski definition) is 1. The van der Waals surface area contributed by atoms with Gasteiger partial charge in [-0.1, -0.05) is 29.4 Å². The summed E-state index contributed by atoms with van der Waals surface area (Å²) >= 11 is 0. The molecule has 2 aromatic carbocycles. The lowest BCUT2D eigenvalue weighted by Crippen LogP contribution is -2.27. The van der Waals surface area contributed by atoms with Crippen LogP contribution in [0.15, 0.2) is 47.0 Å². The van der Waals surface area contributed by atoms with Crippen molar-refractivity contribution in [2.45, 2.75) is 32.7 Å². The third-order valence-electron chi connectivity index (χ3n) is 4.71. The zero-order valence-corrected chi connectivity index (χ0v) is 17.1. The normalized spacial score (nSPS) is 11.7. The molecule has 0 saturated carbocycles. The molecule has 29 heavy (non-hydrogen) atoms. The van der Waals surface area contributed by atoms with Crippen LogP contribution in [0.25, 0.3) is 11.4 Å². The summed E-state index contributed by atoms with van der Waals surface area (Å²) in [5.74, 6) is 2.00. The summed E-state index contributed by atoms with van der Waals surface area (Å²) in [5, 5.41) is 7.02. The van der Waals surface area contributed by atoms with E-state index in [1.807, 2.05) is 44.2 Å². The van der Waals surface area contributed by atoms with Crippen molar-refractivity contribution in [3.05, 3.63) is 59.5 Å². The SMILES string of the molecule is COc1ccc(-c2noc(CCC(=O)NC(C)c3ccccc3C)n2)cc1OC. The van der Waals surface area contributed by atoms with Crippen LogP contribution in [0, 0.1) is 6.92 Å². The fraction of sp³-hybridized carbons (Fsp3) is 0.318. The van der Waals surface area contributed by atoms with Crippen LogP contribution in [0.1, 0.15) is 36.4 Å². The van der Waals surface area contributed by atoms with E-state index in [9.17, 15) is 4.79 Å². The van der Waals surface area contributed by atoms with E-state index in [1.54, 1.807) is 26.4 Å². The Bertz CT molecular complexity index is 984. The molecular weight excluding hydrogens is 370 g/mol. The van der Waals surface area contributed by atoms with Crippen molar-refractivity contribution >= 4 is 5.91 Å².